The molecule has 2 aliphatic rings. The number of rotatable bonds is 1. The van der Waals surface area contributed by atoms with E-state index in [-0.39, 0.29) is 0 Å². The van der Waals surface area contributed by atoms with E-state index < -0.39 is 0 Å². The number of benzene rings is 1. The zero-order chi connectivity index (χ0) is 11.8. The molecule has 0 N–H and O–H groups in total. The molecule has 0 saturated carbocycles. The van der Waals surface area contributed by atoms with E-state index in [0.29, 0.717) is 12.6 Å². The van der Waals surface area contributed by atoms with Gasteiger partial charge in [-0.2, -0.15) is 0 Å². The van der Waals surface area contributed by atoms with Gasteiger partial charge in [0.1, 0.15) is 0 Å². The lowest BCUT2D eigenvalue weighted by molar-refractivity contribution is 0.510. The normalized spacial score (nSPS) is 25.9. The average Bonchev–Trinajstić information content (AvgIpc) is 2.49. The van der Waals surface area contributed by atoms with Gasteiger partial charge < -0.3 is 0 Å². The van der Waals surface area contributed by atoms with Crippen LogP contribution in [-0.2, 0) is 6.42 Å². The Labute approximate surface area is 105 Å². The van der Waals surface area contributed by atoms with Crippen LogP contribution in [0, 0.1) is 5.92 Å². The number of hydrogen-bond acceptors (Lipinski definition) is 0. The minimum Gasteiger partial charge on any atom is -0.0983 e. The monoisotopic (exact) mass is 222 g/mol. The van der Waals surface area contributed by atoms with E-state index in [4.69, 9.17) is 0 Å². The minimum atomic E-state index is 0.637. The van der Waals surface area contributed by atoms with Crippen molar-refractivity contribution in [3.63, 3.8) is 0 Å². The van der Waals surface area contributed by atoms with Crippen LogP contribution in [0.5, 0.6) is 0 Å². The van der Waals surface area contributed by atoms with Crippen LogP contribution in [0.1, 0.15) is 23.5 Å². The molecule has 2 unspecified atom stereocenters. The molecule has 1 aromatic carbocycles. The van der Waals surface area contributed by atoms with Gasteiger partial charge >= 0.3 is 0 Å². The first kappa shape index (κ1) is 10.9. The molecule has 2 atom stereocenters. The summed E-state index contributed by atoms with van der Waals surface area (Å²) < 4.78 is 0. The molecule has 0 aromatic heterocycles. The second-order valence-electron chi connectivity index (χ2n) is 5.65. The van der Waals surface area contributed by atoms with Gasteiger partial charge in [0.15, 0.2) is 6.71 Å². The first-order valence-corrected chi connectivity index (χ1v) is 6.72. The second kappa shape index (κ2) is 4.21. The fraction of sp³-hybridized carbons (Fsp3) is 0.375. The molecular weight excluding hydrogens is 203 g/mol. The fourth-order valence-corrected chi connectivity index (χ4v) is 3.40. The molecule has 17 heavy (non-hydrogen) atoms. The highest BCUT2D eigenvalue weighted by Gasteiger charge is 2.29. The minimum absolute atomic E-state index is 0.637. The molecule has 2 bridgehead atoms. The Hall–Kier alpha value is -1.24. The molecule has 86 valence electrons. The van der Waals surface area contributed by atoms with Gasteiger partial charge in [-0.25, -0.2) is 0 Å². The van der Waals surface area contributed by atoms with Crippen molar-refractivity contribution in [3.8, 4) is 0 Å². The van der Waals surface area contributed by atoms with Gasteiger partial charge in [-0.15, -0.1) is 0 Å². The van der Waals surface area contributed by atoms with Crippen molar-refractivity contribution < 1.29 is 0 Å². The van der Waals surface area contributed by atoms with E-state index in [9.17, 15) is 0 Å². The zero-order valence-electron chi connectivity index (χ0n) is 10.7. The van der Waals surface area contributed by atoms with E-state index in [1.54, 1.807) is 16.6 Å². The third-order valence-electron chi connectivity index (χ3n) is 4.23. The maximum Gasteiger partial charge on any atom is 0.164 e. The first-order valence-electron chi connectivity index (χ1n) is 6.72. The molecule has 2 aliphatic carbocycles. The Kier molecular flexibility index (Phi) is 2.70. The van der Waals surface area contributed by atoms with Crippen molar-refractivity contribution in [3.05, 3.63) is 59.1 Å². The van der Waals surface area contributed by atoms with Gasteiger partial charge in [-0.1, -0.05) is 61.6 Å². The molecule has 0 nitrogen and oxygen atoms in total. The molecule has 1 heteroatoms. The summed E-state index contributed by atoms with van der Waals surface area (Å²) >= 11 is 0. The first-order chi connectivity index (χ1) is 8.25. The van der Waals surface area contributed by atoms with Crippen molar-refractivity contribution in [1.82, 2.24) is 0 Å². The zero-order valence-corrected chi connectivity index (χ0v) is 10.7. The summed E-state index contributed by atoms with van der Waals surface area (Å²) in [6.45, 7) is 5.31. The Bertz CT molecular complexity index is 482. The van der Waals surface area contributed by atoms with E-state index in [2.05, 4.69) is 56.1 Å². The lowest BCUT2D eigenvalue weighted by Gasteiger charge is -2.31. The SMILES string of the molecule is CB(C)C1=CC=CC2CC1Cc1ccccc12. The predicted molar refractivity (Wildman–Crippen MR) is 75.7 cm³/mol. The summed E-state index contributed by atoms with van der Waals surface area (Å²) in [5, 5.41) is 0. The van der Waals surface area contributed by atoms with Gasteiger partial charge in [-0.3, -0.25) is 0 Å². The third kappa shape index (κ3) is 1.88. The quantitative estimate of drug-likeness (QED) is 0.627. The van der Waals surface area contributed by atoms with Gasteiger partial charge in [0.05, 0.1) is 0 Å². The van der Waals surface area contributed by atoms with Gasteiger partial charge in [0.25, 0.3) is 0 Å². The van der Waals surface area contributed by atoms with Gasteiger partial charge in [0, 0.05) is 5.92 Å². The van der Waals surface area contributed by atoms with Gasteiger partial charge in [0.2, 0.25) is 0 Å². The average molecular weight is 222 g/mol. The maximum atomic E-state index is 2.39. The van der Waals surface area contributed by atoms with Gasteiger partial charge in [-0.05, 0) is 29.9 Å². The molecule has 0 fully saturated rings. The van der Waals surface area contributed by atoms with E-state index in [1.165, 1.54) is 12.8 Å². The Morgan fingerprint density at radius 3 is 2.82 bits per heavy atom. The molecule has 0 heterocycles. The van der Waals surface area contributed by atoms with Crippen LogP contribution < -0.4 is 0 Å². The summed E-state index contributed by atoms with van der Waals surface area (Å²) in [5.74, 6) is 1.39. The Morgan fingerprint density at radius 1 is 1.18 bits per heavy atom. The Balaban J connectivity index is 2.03. The molecular formula is C16H19B. The third-order valence-corrected chi connectivity index (χ3v) is 4.23. The van der Waals surface area contributed by atoms with Crippen LogP contribution >= 0.6 is 0 Å². The van der Waals surface area contributed by atoms with Crippen LogP contribution in [0.3, 0.4) is 0 Å². The molecule has 0 saturated heterocycles. The largest absolute Gasteiger partial charge is 0.164 e. The fourth-order valence-electron chi connectivity index (χ4n) is 3.40. The molecule has 1 aromatic rings. The summed E-state index contributed by atoms with van der Waals surface area (Å²) in [6, 6.07) is 8.97. The molecule has 0 radical (unpaired) electrons. The van der Waals surface area contributed by atoms with E-state index in [1.807, 2.05) is 0 Å². The Morgan fingerprint density at radius 2 is 2.00 bits per heavy atom. The van der Waals surface area contributed by atoms with Crippen molar-refractivity contribution in [2.24, 2.45) is 5.92 Å². The predicted octanol–water partition coefficient (Wildman–Crippen LogP) is 4.12. The molecule has 0 aliphatic heterocycles. The van der Waals surface area contributed by atoms with E-state index in [0.717, 1.165) is 5.92 Å². The molecule has 3 rings (SSSR count). The standard InChI is InChI=1S/C16H19B/c1-17(2)16-9-5-7-13-11-14(16)10-12-6-3-4-8-15(12)13/h3-9,13-14H,10-11H2,1-2H3. The second-order valence-corrected chi connectivity index (χ2v) is 5.65. The summed E-state index contributed by atoms with van der Waals surface area (Å²) in [7, 11) is 0. The number of hydrogen-bond donors (Lipinski definition) is 0. The van der Waals surface area contributed by atoms with Crippen LogP contribution in [0.25, 0.3) is 0 Å². The molecule has 0 amide bonds. The van der Waals surface area contributed by atoms with Crippen molar-refractivity contribution in [1.29, 1.82) is 0 Å². The topological polar surface area (TPSA) is 0 Å². The van der Waals surface area contributed by atoms with Crippen LogP contribution in [0.15, 0.2) is 48.0 Å². The number of allylic oxidation sites excluding steroid dienone is 4. The van der Waals surface area contributed by atoms with Crippen molar-refractivity contribution in [2.45, 2.75) is 32.4 Å². The molecule has 0 spiro atoms. The summed E-state index contributed by atoms with van der Waals surface area (Å²) in [4.78, 5) is 0. The van der Waals surface area contributed by atoms with Crippen LogP contribution in [0.2, 0.25) is 13.6 Å². The van der Waals surface area contributed by atoms with Crippen LogP contribution in [0.4, 0.5) is 0 Å². The van der Waals surface area contributed by atoms with E-state index >= 15 is 0 Å². The summed E-state index contributed by atoms with van der Waals surface area (Å²) in [6.07, 6.45) is 9.57. The maximum absolute atomic E-state index is 2.39. The van der Waals surface area contributed by atoms with Crippen molar-refractivity contribution in [2.75, 3.05) is 0 Å². The number of fused-ring (bicyclic) bond motifs is 4. The highest BCUT2D eigenvalue weighted by molar-refractivity contribution is 6.64. The summed E-state index contributed by atoms with van der Waals surface area (Å²) in [5.41, 5.74) is 4.75. The lowest BCUT2D eigenvalue weighted by Crippen LogP contribution is -2.23. The van der Waals surface area contributed by atoms with Crippen molar-refractivity contribution >= 4 is 6.71 Å². The highest BCUT2D eigenvalue weighted by atomic mass is 14.3. The lowest BCUT2D eigenvalue weighted by atomic mass is 9.44. The highest BCUT2D eigenvalue weighted by Crippen LogP contribution is 2.40. The van der Waals surface area contributed by atoms with Crippen LogP contribution in [-0.4, -0.2) is 6.71 Å². The smallest absolute Gasteiger partial charge is 0.0983 e.